The van der Waals surface area contributed by atoms with Crippen molar-refractivity contribution in [2.45, 2.75) is 45.8 Å². The minimum absolute atomic E-state index is 0.0467. The average molecular weight is 216 g/mol. The van der Waals surface area contributed by atoms with Crippen LogP contribution in [0.5, 0.6) is 0 Å². The Morgan fingerprint density at radius 3 is 2.40 bits per heavy atom. The van der Waals surface area contributed by atoms with Crippen molar-refractivity contribution in [2.24, 2.45) is 17.8 Å². The van der Waals surface area contributed by atoms with Crippen molar-refractivity contribution in [3.05, 3.63) is 11.7 Å². The van der Waals surface area contributed by atoms with Crippen molar-refractivity contribution in [3.63, 3.8) is 0 Å². The second kappa shape index (κ2) is 3.85. The molecule has 86 valence electrons. The molecule has 1 fully saturated rings. The molecule has 5 atom stereocenters. The van der Waals surface area contributed by atoms with E-state index >= 15 is 0 Å². The molecule has 1 aliphatic heterocycles. The maximum absolute atomic E-state index is 13.7. The van der Waals surface area contributed by atoms with E-state index in [0.717, 1.165) is 12.8 Å². The zero-order valence-corrected chi connectivity index (χ0v) is 9.47. The number of hydrogen-bond acceptors (Lipinski definition) is 1. The van der Waals surface area contributed by atoms with E-state index in [2.05, 4.69) is 0 Å². The predicted molar refractivity (Wildman–Crippen MR) is 54.6 cm³/mol. The molecule has 15 heavy (non-hydrogen) atoms. The number of halogens is 2. The zero-order valence-electron chi connectivity index (χ0n) is 9.47. The Balaban J connectivity index is 2.30. The first-order valence-electron chi connectivity index (χ1n) is 5.73. The summed E-state index contributed by atoms with van der Waals surface area (Å²) in [5.41, 5.74) is 0. The van der Waals surface area contributed by atoms with Crippen LogP contribution < -0.4 is 0 Å². The molecule has 0 radical (unpaired) electrons. The highest BCUT2D eigenvalue weighted by Gasteiger charge is 2.44. The molecule has 0 aromatic carbocycles. The van der Waals surface area contributed by atoms with Crippen molar-refractivity contribution >= 4 is 0 Å². The lowest BCUT2D eigenvalue weighted by Gasteiger charge is -2.43. The van der Waals surface area contributed by atoms with Crippen molar-refractivity contribution in [1.82, 2.24) is 0 Å². The normalized spacial score (nSPS) is 46.6. The van der Waals surface area contributed by atoms with Crippen LogP contribution >= 0.6 is 0 Å². The Hall–Kier alpha value is -0.440. The highest BCUT2D eigenvalue weighted by Crippen LogP contribution is 2.45. The third kappa shape index (κ3) is 1.71. The smallest absolute Gasteiger partial charge is 0.161 e. The summed E-state index contributed by atoms with van der Waals surface area (Å²) in [5, 5.41) is 0. The van der Waals surface area contributed by atoms with E-state index < -0.39 is 17.8 Å². The molecule has 1 saturated heterocycles. The van der Waals surface area contributed by atoms with Gasteiger partial charge in [-0.25, -0.2) is 8.78 Å². The molecule has 0 bridgehead atoms. The Morgan fingerprint density at radius 1 is 1.07 bits per heavy atom. The quantitative estimate of drug-likeness (QED) is 0.601. The van der Waals surface area contributed by atoms with Gasteiger partial charge in [-0.1, -0.05) is 13.8 Å². The van der Waals surface area contributed by atoms with E-state index in [1.165, 1.54) is 0 Å². The number of fused-ring (bicyclic) bond motifs is 1. The third-order valence-electron chi connectivity index (χ3n) is 4.02. The molecule has 1 heterocycles. The summed E-state index contributed by atoms with van der Waals surface area (Å²) >= 11 is 0. The molecule has 3 heteroatoms. The third-order valence-corrected chi connectivity index (χ3v) is 4.02. The van der Waals surface area contributed by atoms with Gasteiger partial charge in [0.2, 0.25) is 0 Å². The van der Waals surface area contributed by atoms with Gasteiger partial charge in [0.1, 0.15) is 11.9 Å². The van der Waals surface area contributed by atoms with E-state index in [1.807, 2.05) is 13.8 Å². The summed E-state index contributed by atoms with van der Waals surface area (Å²) in [7, 11) is 0. The molecule has 1 aliphatic carbocycles. The van der Waals surface area contributed by atoms with Crippen LogP contribution in [0, 0.1) is 17.8 Å². The molecule has 0 spiro atoms. The largest absolute Gasteiger partial charge is 0.368 e. The minimum Gasteiger partial charge on any atom is -0.368 e. The highest BCUT2D eigenvalue weighted by molar-refractivity contribution is 5.17. The van der Waals surface area contributed by atoms with Gasteiger partial charge in [0.15, 0.2) is 5.83 Å². The van der Waals surface area contributed by atoms with Crippen LogP contribution in [0.4, 0.5) is 8.78 Å². The molecule has 0 aromatic rings. The van der Waals surface area contributed by atoms with Crippen molar-refractivity contribution in [3.8, 4) is 0 Å². The molecule has 0 saturated carbocycles. The van der Waals surface area contributed by atoms with Gasteiger partial charge in [-0.3, -0.25) is 0 Å². The lowest BCUT2D eigenvalue weighted by molar-refractivity contribution is -0.0941. The lowest BCUT2D eigenvalue weighted by Crippen LogP contribution is -2.43. The van der Waals surface area contributed by atoms with Crippen LogP contribution in [-0.4, -0.2) is 12.2 Å². The number of ether oxygens (including phenoxy) is 1. The maximum Gasteiger partial charge on any atom is 0.161 e. The minimum atomic E-state index is -0.655. The van der Waals surface area contributed by atoms with Gasteiger partial charge in [0.05, 0.1) is 6.10 Å². The topological polar surface area (TPSA) is 9.23 Å². The molecule has 2 rings (SSSR count). The SMILES string of the molecule is CC1CCC2C(O1)C(F)=C(F)C(C)C2C. The van der Waals surface area contributed by atoms with E-state index in [0.29, 0.717) is 0 Å². The van der Waals surface area contributed by atoms with Crippen LogP contribution in [0.3, 0.4) is 0 Å². The van der Waals surface area contributed by atoms with Crippen LogP contribution in [-0.2, 0) is 4.74 Å². The van der Waals surface area contributed by atoms with Crippen molar-refractivity contribution < 1.29 is 13.5 Å². The summed E-state index contributed by atoms with van der Waals surface area (Å²) in [4.78, 5) is 0. The van der Waals surface area contributed by atoms with Gasteiger partial charge < -0.3 is 4.74 Å². The summed E-state index contributed by atoms with van der Waals surface area (Å²) in [5.74, 6) is -1.24. The molecule has 0 amide bonds. The van der Waals surface area contributed by atoms with Gasteiger partial charge in [-0.15, -0.1) is 0 Å². The van der Waals surface area contributed by atoms with Gasteiger partial charge in [-0.05, 0) is 31.6 Å². The van der Waals surface area contributed by atoms with Gasteiger partial charge in [-0.2, -0.15) is 0 Å². The average Bonchev–Trinajstić information content (AvgIpc) is 2.23. The molecular weight excluding hydrogens is 198 g/mol. The highest BCUT2D eigenvalue weighted by atomic mass is 19.2. The van der Waals surface area contributed by atoms with Crippen LogP contribution in [0.25, 0.3) is 0 Å². The first-order valence-corrected chi connectivity index (χ1v) is 5.73. The first-order chi connectivity index (χ1) is 7.02. The fourth-order valence-corrected chi connectivity index (χ4v) is 2.74. The number of allylic oxidation sites excluding steroid dienone is 1. The zero-order chi connectivity index (χ0) is 11.2. The second-order valence-electron chi connectivity index (χ2n) is 4.95. The Bertz CT molecular complexity index is 287. The molecule has 1 nitrogen and oxygen atoms in total. The first kappa shape index (κ1) is 11.1. The lowest BCUT2D eigenvalue weighted by atomic mass is 9.71. The Kier molecular flexibility index (Phi) is 2.84. The summed E-state index contributed by atoms with van der Waals surface area (Å²) in [6.45, 7) is 5.67. The molecule has 0 N–H and O–H groups in total. The summed E-state index contributed by atoms with van der Waals surface area (Å²) in [6, 6.07) is 0. The summed E-state index contributed by atoms with van der Waals surface area (Å²) in [6.07, 6.45) is 1.32. The fraction of sp³-hybridized carbons (Fsp3) is 0.833. The van der Waals surface area contributed by atoms with E-state index in [-0.39, 0.29) is 23.9 Å². The Labute approximate surface area is 89.5 Å². The maximum atomic E-state index is 13.7. The molecule has 5 unspecified atom stereocenters. The van der Waals surface area contributed by atoms with Gasteiger partial charge in [0.25, 0.3) is 0 Å². The van der Waals surface area contributed by atoms with Crippen molar-refractivity contribution in [1.29, 1.82) is 0 Å². The molecule has 2 aliphatic rings. The van der Waals surface area contributed by atoms with E-state index in [4.69, 9.17) is 4.74 Å². The Morgan fingerprint density at radius 2 is 1.73 bits per heavy atom. The van der Waals surface area contributed by atoms with E-state index in [9.17, 15) is 8.78 Å². The fourth-order valence-electron chi connectivity index (χ4n) is 2.74. The van der Waals surface area contributed by atoms with Crippen molar-refractivity contribution in [2.75, 3.05) is 0 Å². The summed E-state index contributed by atoms with van der Waals surface area (Å²) < 4.78 is 32.8. The van der Waals surface area contributed by atoms with Gasteiger partial charge in [0, 0.05) is 5.92 Å². The number of hydrogen-bond donors (Lipinski definition) is 0. The van der Waals surface area contributed by atoms with E-state index in [1.54, 1.807) is 6.92 Å². The second-order valence-corrected chi connectivity index (χ2v) is 4.95. The predicted octanol–water partition coefficient (Wildman–Crippen LogP) is 3.61. The molecule has 0 aromatic heterocycles. The van der Waals surface area contributed by atoms with Crippen LogP contribution in [0.2, 0.25) is 0 Å². The number of rotatable bonds is 0. The van der Waals surface area contributed by atoms with Gasteiger partial charge >= 0.3 is 0 Å². The standard InChI is InChI=1S/C12H18F2O/c1-6-4-5-9-7(2)8(3)10(13)11(14)12(9)15-6/h6-9,12H,4-5H2,1-3H3. The monoisotopic (exact) mass is 216 g/mol. The van der Waals surface area contributed by atoms with Crippen LogP contribution in [0.1, 0.15) is 33.6 Å². The van der Waals surface area contributed by atoms with Crippen LogP contribution in [0.15, 0.2) is 11.7 Å². The molecular formula is C12H18F2O.